The first-order valence-corrected chi connectivity index (χ1v) is 9.21. The second kappa shape index (κ2) is 8.02. The highest BCUT2D eigenvalue weighted by molar-refractivity contribution is 5.89. The molecule has 28 heavy (non-hydrogen) atoms. The average molecular weight is 382 g/mol. The highest BCUT2D eigenvalue weighted by Gasteiger charge is 2.43. The lowest BCUT2D eigenvalue weighted by Crippen LogP contribution is -2.15. The van der Waals surface area contributed by atoms with Crippen molar-refractivity contribution < 1.29 is 19.5 Å². The number of nitrogens with one attached hydrogen (secondary N) is 1. The number of rotatable bonds is 8. The molecule has 0 amide bonds. The van der Waals surface area contributed by atoms with Crippen LogP contribution >= 0.6 is 0 Å². The summed E-state index contributed by atoms with van der Waals surface area (Å²) in [6, 6.07) is 7.36. The predicted molar refractivity (Wildman–Crippen MR) is 107 cm³/mol. The lowest BCUT2D eigenvalue weighted by Gasteiger charge is -2.27. The second-order valence-electron chi connectivity index (χ2n) is 7.48. The smallest absolute Gasteiger partial charge is 0.339 e. The number of esters is 1. The third-order valence-corrected chi connectivity index (χ3v) is 5.61. The van der Waals surface area contributed by atoms with E-state index in [9.17, 15) is 10.0 Å². The number of allylic oxidation sites excluding steroid dienone is 1. The number of anilines is 1. The third-order valence-electron chi connectivity index (χ3n) is 5.61. The zero-order valence-electron chi connectivity index (χ0n) is 16.5. The van der Waals surface area contributed by atoms with Crippen molar-refractivity contribution in [1.29, 1.82) is 0 Å². The van der Waals surface area contributed by atoms with E-state index in [2.05, 4.69) is 24.0 Å². The monoisotopic (exact) mass is 382 g/mol. The van der Waals surface area contributed by atoms with E-state index in [4.69, 9.17) is 9.47 Å². The van der Waals surface area contributed by atoms with Crippen LogP contribution in [-0.2, 0) is 11.2 Å². The number of nitrogens with zero attached hydrogens (tertiary/aromatic N) is 1. The Morgan fingerprint density at radius 2 is 2.07 bits per heavy atom. The molecule has 0 radical (unpaired) electrons. The van der Waals surface area contributed by atoms with Crippen LogP contribution in [0.1, 0.15) is 47.2 Å². The molecule has 0 saturated heterocycles. The zero-order chi connectivity index (χ0) is 20.3. The van der Waals surface area contributed by atoms with Gasteiger partial charge < -0.3 is 9.47 Å². The van der Waals surface area contributed by atoms with Crippen molar-refractivity contribution in [2.24, 2.45) is 5.41 Å². The van der Waals surface area contributed by atoms with Crippen LogP contribution in [0.25, 0.3) is 0 Å². The van der Waals surface area contributed by atoms with E-state index in [-0.39, 0.29) is 11.3 Å². The molecule has 0 spiro atoms. The van der Waals surface area contributed by atoms with Crippen molar-refractivity contribution in [2.75, 3.05) is 19.7 Å². The van der Waals surface area contributed by atoms with Crippen molar-refractivity contribution in [2.45, 2.75) is 32.1 Å². The number of benzene rings is 1. The highest BCUT2D eigenvalue weighted by atomic mass is 16.5. The molecule has 0 bridgehead atoms. The fourth-order valence-electron chi connectivity index (χ4n) is 3.48. The molecule has 1 fully saturated rings. The molecule has 1 aliphatic rings. The fourth-order valence-corrected chi connectivity index (χ4v) is 3.48. The molecule has 2 N–H and O–H groups in total. The quantitative estimate of drug-likeness (QED) is 0.401. The topological polar surface area (TPSA) is 80.7 Å². The first-order valence-electron chi connectivity index (χ1n) is 9.21. The van der Waals surface area contributed by atoms with E-state index >= 15 is 0 Å². The molecule has 1 atom stereocenters. The Hall–Kier alpha value is -2.86. The van der Waals surface area contributed by atoms with E-state index in [0.717, 1.165) is 29.5 Å². The molecule has 0 aliphatic heterocycles. The molecule has 6 nitrogen and oxygen atoms in total. The summed E-state index contributed by atoms with van der Waals surface area (Å²) in [6.07, 6.45) is 6.04. The molecule has 6 heteroatoms. The van der Waals surface area contributed by atoms with E-state index < -0.39 is 5.97 Å². The van der Waals surface area contributed by atoms with Gasteiger partial charge in [0.15, 0.2) is 0 Å². The van der Waals surface area contributed by atoms with Gasteiger partial charge in [-0.05, 0) is 47.9 Å². The largest absolute Gasteiger partial charge is 0.497 e. The Balaban J connectivity index is 1.99. The number of methoxy groups -OCH3 is 2. The normalized spacial score (nSPS) is 15.4. The second-order valence-corrected chi connectivity index (χ2v) is 7.48. The SMILES string of the molecule is C=C(C(Cc1cncc(C(=O)OC)c1)c1ccc(OC)cc1NO)C1(C)CC1. The average Bonchev–Trinajstić information content (AvgIpc) is 3.49. The number of hydrogen-bond donors (Lipinski definition) is 2. The number of aromatic nitrogens is 1. The summed E-state index contributed by atoms with van der Waals surface area (Å²) >= 11 is 0. The van der Waals surface area contributed by atoms with Gasteiger partial charge >= 0.3 is 5.97 Å². The Morgan fingerprint density at radius 1 is 1.32 bits per heavy atom. The third kappa shape index (κ3) is 4.02. The van der Waals surface area contributed by atoms with Crippen molar-refractivity contribution >= 4 is 11.7 Å². The Labute approximate surface area is 165 Å². The standard InChI is InChI=1S/C22H26N2O4/c1-14(22(2)7-8-22)19(18-6-5-17(27-3)11-20(18)24-26)10-15-9-16(13-23-12-15)21(25)28-4/h5-6,9,11-13,19,24,26H,1,7-8,10H2,2-4H3. The van der Waals surface area contributed by atoms with Gasteiger partial charge in [0.25, 0.3) is 0 Å². The predicted octanol–water partition coefficient (Wildman–Crippen LogP) is 4.36. The number of carbonyl (C=O) groups excluding carboxylic acids is 1. The minimum Gasteiger partial charge on any atom is -0.497 e. The molecule has 1 heterocycles. The molecular weight excluding hydrogens is 356 g/mol. The van der Waals surface area contributed by atoms with Crippen molar-refractivity contribution in [3.63, 3.8) is 0 Å². The highest BCUT2D eigenvalue weighted by Crippen LogP contribution is 2.56. The maximum Gasteiger partial charge on any atom is 0.339 e. The van der Waals surface area contributed by atoms with Crippen LogP contribution in [0.2, 0.25) is 0 Å². The maximum absolute atomic E-state index is 11.9. The Morgan fingerprint density at radius 3 is 2.68 bits per heavy atom. The molecule has 2 aromatic rings. The summed E-state index contributed by atoms with van der Waals surface area (Å²) in [5.74, 6) is 0.181. The molecular formula is C22H26N2O4. The molecule has 1 aromatic heterocycles. The van der Waals surface area contributed by atoms with Crippen LogP contribution in [0.3, 0.4) is 0 Å². The molecule has 1 saturated carbocycles. The van der Waals surface area contributed by atoms with Crippen molar-refractivity contribution in [3.05, 3.63) is 65.5 Å². The van der Waals surface area contributed by atoms with Crippen LogP contribution in [0.15, 0.2) is 48.8 Å². The first-order chi connectivity index (χ1) is 13.4. The van der Waals surface area contributed by atoms with E-state index in [1.165, 1.54) is 13.3 Å². The van der Waals surface area contributed by atoms with E-state index in [1.54, 1.807) is 25.4 Å². The van der Waals surface area contributed by atoms with Gasteiger partial charge in [0.05, 0.1) is 25.5 Å². The Bertz CT molecular complexity index is 890. The summed E-state index contributed by atoms with van der Waals surface area (Å²) in [6.45, 7) is 6.61. The van der Waals surface area contributed by atoms with E-state index in [1.807, 2.05) is 12.1 Å². The molecule has 1 aliphatic carbocycles. The molecule has 1 aromatic carbocycles. The van der Waals surface area contributed by atoms with Crippen LogP contribution in [-0.4, -0.2) is 30.4 Å². The van der Waals surface area contributed by atoms with Gasteiger partial charge in [0, 0.05) is 24.4 Å². The van der Waals surface area contributed by atoms with Gasteiger partial charge in [0.2, 0.25) is 0 Å². The lowest BCUT2D eigenvalue weighted by atomic mass is 9.79. The van der Waals surface area contributed by atoms with Gasteiger partial charge in [0.1, 0.15) is 5.75 Å². The minimum absolute atomic E-state index is 0.0530. The van der Waals surface area contributed by atoms with Crippen LogP contribution in [0.4, 0.5) is 5.69 Å². The minimum atomic E-state index is -0.416. The molecule has 3 rings (SSSR count). The van der Waals surface area contributed by atoms with Gasteiger partial charge in [-0.25, -0.2) is 4.79 Å². The van der Waals surface area contributed by atoms with Gasteiger partial charge in [-0.3, -0.25) is 15.7 Å². The molecule has 1 unspecified atom stereocenters. The van der Waals surface area contributed by atoms with E-state index in [0.29, 0.717) is 23.4 Å². The Kier molecular flexibility index (Phi) is 5.70. The summed E-state index contributed by atoms with van der Waals surface area (Å²) in [4.78, 5) is 16.1. The fraction of sp³-hybridized carbons (Fsp3) is 0.364. The van der Waals surface area contributed by atoms with Crippen molar-refractivity contribution in [1.82, 2.24) is 4.98 Å². The lowest BCUT2D eigenvalue weighted by molar-refractivity contribution is 0.0600. The molecule has 148 valence electrons. The number of carbonyl (C=O) groups is 1. The van der Waals surface area contributed by atoms with Gasteiger partial charge in [-0.2, -0.15) is 0 Å². The zero-order valence-corrected chi connectivity index (χ0v) is 16.5. The van der Waals surface area contributed by atoms with Crippen LogP contribution in [0.5, 0.6) is 5.75 Å². The maximum atomic E-state index is 11.9. The summed E-state index contributed by atoms with van der Waals surface area (Å²) in [5, 5.41) is 9.69. The van der Waals surface area contributed by atoms with Gasteiger partial charge in [-0.1, -0.05) is 25.1 Å². The van der Waals surface area contributed by atoms with Crippen LogP contribution < -0.4 is 10.2 Å². The first kappa shape index (κ1) is 19.9. The summed E-state index contributed by atoms with van der Waals surface area (Å²) in [7, 11) is 2.94. The van der Waals surface area contributed by atoms with Gasteiger partial charge in [-0.15, -0.1) is 0 Å². The van der Waals surface area contributed by atoms with Crippen LogP contribution in [0, 0.1) is 5.41 Å². The van der Waals surface area contributed by atoms with Crippen molar-refractivity contribution in [3.8, 4) is 5.75 Å². The number of pyridine rings is 1. The number of ether oxygens (including phenoxy) is 2. The summed E-state index contributed by atoms with van der Waals surface area (Å²) in [5.41, 5.74) is 6.30. The number of hydrogen-bond acceptors (Lipinski definition) is 6. The summed E-state index contributed by atoms with van der Waals surface area (Å²) < 4.78 is 10.1.